The smallest absolute Gasteiger partial charge is 0.160 e. The predicted octanol–water partition coefficient (Wildman–Crippen LogP) is 9.61. The summed E-state index contributed by atoms with van der Waals surface area (Å²) in [5.41, 5.74) is 1.34. The van der Waals surface area contributed by atoms with Gasteiger partial charge in [0.15, 0.2) is 11.5 Å². The Morgan fingerprint density at radius 2 is 1.17 bits per heavy atom. The zero-order valence-electron chi connectivity index (χ0n) is 24.3. The van der Waals surface area contributed by atoms with Gasteiger partial charge < -0.3 is 14.4 Å². The predicted molar refractivity (Wildman–Crippen MR) is 157 cm³/mol. The van der Waals surface area contributed by atoms with Crippen molar-refractivity contribution in [3.63, 3.8) is 0 Å². The second-order valence-corrected chi connectivity index (χ2v) is 11.3. The van der Waals surface area contributed by atoms with Gasteiger partial charge in [-0.25, -0.2) is 0 Å². The van der Waals surface area contributed by atoms with Gasteiger partial charge in [0.05, 0.1) is 14.2 Å². The van der Waals surface area contributed by atoms with Crippen LogP contribution in [0, 0.1) is 5.92 Å². The number of hydrogen-bond donors (Lipinski definition) is 0. The van der Waals surface area contributed by atoms with Crippen LogP contribution >= 0.6 is 0 Å². The molecule has 1 saturated carbocycles. The van der Waals surface area contributed by atoms with Crippen LogP contribution in [-0.2, 0) is 6.42 Å². The first-order valence-electron chi connectivity index (χ1n) is 15.7. The van der Waals surface area contributed by atoms with E-state index in [0.717, 1.165) is 30.4 Å². The molecule has 1 aromatic carbocycles. The highest BCUT2D eigenvalue weighted by Gasteiger charge is 2.19. The molecule has 0 aliphatic heterocycles. The van der Waals surface area contributed by atoms with Crippen LogP contribution in [0.1, 0.15) is 134 Å². The normalized spacial score (nSPS) is 13.4. The number of benzene rings is 1. The lowest BCUT2D eigenvalue weighted by Crippen LogP contribution is -2.28. The largest absolute Gasteiger partial charge is 0.493 e. The van der Waals surface area contributed by atoms with Crippen LogP contribution in [0.5, 0.6) is 11.5 Å². The third-order valence-electron chi connectivity index (χ3n) is 8.03. The average molecular weight is 502 g/mol. The summed E-state index contributed by atoms with van der Waals surface area (Å²) in [6, 6.07) is 6.39. The van der Waals surface area contributed by atoms with Crippen LogP contribution in [0.3, 0.4) is 0 Å². The molecule has 3 nitrogen and oxygen atoms in total. The molecule has 1 fully saturated rings. The summed E-state index contributed by atoms with van der Waals surface area (Å²) < 4.78 is 10.9. The Bertz CT molecular complexity index is 643. The molecular formula is C33H59NO2. The summed E-state index contributed by atoms with van der Waals surface area (Å²) in [6.45, 7) is 5.95. The van der Waals surface area contributed by atoms with Gasteiger partial charge in [0.25, 0.3) is 0 Å². The van der Waals surface area contributed by atoms with Gasteiger partial charge in [-0.15, -0.1) is 0 Å². The lowest BCUT2D eigenvalue weighted by Gasteiger charge is -2.23. The summed E-state index contributed by atoms with van der Waals surface area (Å²) in [5, 5.41) is 0. The first-order chi connectivity index (χ1) is 17.8. The molecule has 0 aromatic heterocycles. The number of ether oxygens (including phenoxy) is 2. The van der Waals surface area contributed by atoms with Crippen molar-refractivity contribution in [1.82, 2.24) is 4.90 Å². The van der Waals surface area contributed by atoms with E-state index in [-0.39, 0.29) is 0 Å². The Morgan fingerprint density at radius 3 is 1.69 bits per heavy atom. The molecule has 36 heavy (non-hydrogen) atoms. The topological polar surface area (TPSA) is 21.7 Å². The summed E-state index contributed by atoms with van der Waals surface area (Å²) in [7, 11) is 3.43. The van der Waals surface area contributed by atoms with E-state index in [1.54, 1.807) is 14.2 Å². The van der Waals surface area contributed by atoms with Gasteiger partial charge in [0.2, 0.25) is 0 Å². The molecule has 3 heteroatoms. The fraction of sp³-hybridized carbons (Fsp3) is 0.818. The maximum atomic E-state index is 5.52. The fourth-order valence-electron chi connectivity index (χ4n) is 5.36. The van der Waals surface area contributed by atoms with Gasteiger partial charge in [-0.1, -0.05) is 122 Å². The van der Waals surface area contributed by atoms with Crippen molar-refractivity contribution < 1.29 is 9.47 Å². The van der Waals surface area contributed by atoms with Gasteiger partial charge in [-0.05, 0) is 56.0 Å². The zero-order chi connectivity index (χ0) is 25.7. The van der Waals surface area contributed by atoms with E-state index >= 15 is 0 Å². The van der Waals surface area contributed by atoms with Crippen molar-refractivity contribution in [2.45, 2.75) is 135 Å². The number of nitrogens with zero attached hydrogens (tertiary/aromatic N) is 1. The van der Waals surface area contributed by atoms with E-state index in [0.29, 0.717) is 0 Å². The van der Waals surface area contributed by atoms with Crippen LogP contribution in [0.25, 0.3) is 0 Å². The fourth-order valence-corrected chi connectivity index (χ4v) is 5.36. The summed E-state index contributed by atoms with van der Waals surface area (Å²) in [5.74, 6) is 2.78. The average Bonchev–Trinajstić information content (AvgIpc) is 3.73. The molecule has 208 valence electrons. The Hall–Kier alpha value is -1.22. The second-order valence-electron chi connectivity index (χ2n) is 11.3. The third-order valence-corrected chi connectivity index (χ3v) is 8.03. The van der Waals surface area contributed by atoms with E-state index in [4.69, 9.17) is 9.47 Å². The van der Waals surface area contributed by atoms with Crippen molar-refractivity contribution >= 4 is 0 Å². The third kappa shape index (κ3) is 15.1. The van der Waals surface area contributed by atoms with E-state index in [1.165, 1.54) is 141 Å². The van der Waals surface area contributed by atoms with Crippen LogP contribution < -0.4 is 9.47 Å². The SMILES string of the molecule is CCCCCCCCCCN(CCCCCCCCCCC1CC1)CCc1ccc(OC)c(OC)c1. The van der Waals surface area contributed by atoms with Crippen molar-refractivity contribution in [2.24, 2.45) is 5.92 Å². The summed E-state index contributed by atoms with van der Waals surface area (Å²) in [6.07, 6.45) is 28.3. The first kappa shape index (κ1) is 31.0. The molecule has 0 spiro atoms. The van der Waals surface area contributed by atoms with Gasteiger partial charge in [-0.2, -0.15) is 0 Å². The Labute approximate surface area is 224 Å². The minimum atomic E-state index is 0.819. The van der Waals surface area contributed by atoms with Crippen LogP contribution in [-0.4, -0.2) is 38.8 Å². The molecule has 0 radical (unpaired) electrons. The van der Waals surface area contributed by atoms with Crippen molar-refractivity contribution in [3.05, 3.63) is 23.8 Å². The van der Waals surface area contributed by atoms with E-state index in [9.17, 15) is 0 Å². The van der Waals surface area contributed by atoms with Gasteiger partial charge in [0, 0.05) is 6.54 Å². The van der Waals surface area contributed by atoms with E-state index < -0.39 is 0 Å². The quantitative estimate of drug-likeness (QED) is 0.124. The Balaban J connectivity index is 1.62. The molecule has 0 heterocycles. The minimum Gasteiger partial charge on any atom is -0.493 e. The molecular weight excluding hydrogens is 442 g/mol. The highest BCUT2D eigenvalue weighted by atomic mass is 16.5. The van der Waals surface area contributed by atoms with Gasteiger partial charge >= 0.3 is 0 Å². The Morgan fingerprint density at radius 1 is 0.639 bits per heavy atom. The lowest BCUT2D eigenvalue weighted by atomic mass is 10.1. The highest BCUT2D eigenvalue weighted by Crippen LogP contribution is 2.34. The molecule has 0 N–H and O–H groups in total. The van der Waals surface area contributed by atoms with Crippen LogP contribution in [0.4, 0.5) is 0 Å². The number of methoxy groups -OCH3 is 2. The van der Waals surface area contributed by atoms with E-state index in [1.807, 2.05) is 6.07 Å². The first-order valence-corrected chi connectivity index (χ1v) is 15.7. The van der Waals surface area contributed by atoms with Crippen LogP contribution in [0.2, 0.25) is 0 Å². The maximum Gasteiger partial charge on any atom is 0.160 e. The molecule has 1 aliphatic carbocycles. The molecule has 0 bridgehead atoms. The Kier molecular flexibility index (Phi) is 17.9. The van der Waals surface area contributed by atoms with Crippen molar-refractivity contribution in [3.8, 4) is 11.5 Å². The highest BCUT2D eigenvalue weighted by molar-refractivity contribution is 5.42. The van der Waals surface area contributed by atoms with Crippen LogP contribution in [0.15, 0.2) is 18.2 Å². The molecule has 0 unspecified atom stereocenters. The molecule has 0 saturated heterocycles. The molecule has 2 rings (SSSR count). The second kappa shape index (κ2) is 20.8. The molecule has 1 aliphatic rings. The molecule has 0 atom stereocenters. The number of rotatable bonds is 25. The molecule has 0 amide bonds. The zero-order valence-corrected chi connectivity index (χ0v) is 24.3. The number of hydrogen-bond acceptors (Lipinski definition) is 3. The number of unbranched alkanes of at least 4 members (excludes halogenated alkanes) is 14. The van der Waals surface area contributed by atoms with Crippen molar-refractivity contribution in [2.75, 3.05) is 33.9 Å². The van der Waals surface area contributed by atoms with Crippen molar-refractivity contribution in [1.29, 1.82) is 0 Å². The van der Waals surface area contributed by atoms with Gasteiger partial charge in [-0.3, -0.25) is 0 Å². The molecule has 1 aromatic rings. The standard InChI is InChI=1S/C33H59NO2/c1-4-5-6-7-8-12-15-18-26-34(28-25-31-23-24-32(35-2)33(29-31)36-3)27-19-16-13-10-9-11-14-17-20-30-21-22-30/h23-24,29-30H,4-22,25-28H2,1-3H3. The van der Waals surface area contributed by atoms with Gasteiger partial charge in [0.1, 0.15) is 0 Å². The summed E-state index contributed by atoms with van der Waals surface area (Å²) >= 11 is 0. The minimum absolute atomic E-state index is 0.819. The summed E-state index contributed by atoms with van der Waals surface area (Å²) in [4.78, 5) is 2.73. The lowest BCUT2D eigenvalue weighted by molar-refractivity contribution is 0.263. The van der Waals surface area contributed by atoms with E-state index in [2.05, 4.69) is 24.0 Å². The monoisotopic (exact) mass is 501 g/mol. The maximum absolute atomic E-state index is 5.52.